The van der Waals surface area contributed by atoms with Crippen molar-refractivity contribution in [2.75, 3.05) is 73.6 Å². The number of rotatable bonds is 8. The van der Waals surface area contributed by atoms with Gasteiger partial charge in [0.15, 0.2) is 0 Å². The topological polar surface area (TPSA) is 112 Å². The molecule has 1 aromatic heterocycles. The molecule has 13 heteroatoms. The number of allylic oxidation sites excluding steroid dienone is 1. The highest BCUT2D eigenvalue weighted by Crippen LogP contribution is 2.39. The van der Waals surface area contributed by atoms with E-state index in [9.17, 15) is 19.2 Å². The fourth-order valence-corrected chi connectivity index (χ4v) is 10.1. The molecule has 0 saturated carbocycles. The number of carbonyl (C=O) groups is 4. The van der Waals surface area contributed by atoms with Gasteiger partial charge in [0.2, 0.25) is 11.8 Å². The molecule has 58 heavy (non-hydrogen) atoms. The summed E-state index contributed by atoms with van der Waals surface area (Å²) < 4.78 is 15.5. The molecule has 5 aliphatic heterocycles. The minimum Gasteiger partial charge on any atom is -0.372 e. The van der Waals surface area contributed by atoms with E-state index in [0.717, 1.165) is 110 Å². The maximum atomic E-state index is 15.5. The molecule has 0 spiro atoms. The number of carbonyl (C=O) groups excluding carboxylic acids is 4. The number of piperazine rings is 1. The Bertz CT molecular complexity index is 2300. The lowest BCUT2D eigenvalue weighted by Gasteiger charge is -2.40. The SMILES string of the molecule is C=C(C)c1c[nH]c2c(N3CCC(c4ccc(N5CCC(CN6CCN(c7cc8c(cc7F)C(=O)N(C7CCC(=O)NC7=O)C8=O)CC6)CC5)cc4)CC3)ccc(Cl)c12. The fourth-order valence-electron chi connectivity index (χ4n) is 9.83. The number of hydrogen-bond acceptors (Lipinski definition) is 8. The van der Waals surface area contributed by atoms with Gasteiger partial charge in [0.1, 0.15) is 11.9 Å². The van der Waals surface area contributed by atoms with Gasteiger partial charge in [0.05, 0.1) is 33.0 Å². The molecule has 0 bridgehead atoms. The van der Waals surface area contributed by atoms with Crippen LogP contribution < -0.4 is 20.0 Å². The quantitative estimate of drug-likeness (QED) is 0.187. The second-order valence-corrected chi connectivity index (χ2v) is 17.1. The van der Waals surface area contributed by atoms with E-state index >= 15 is 4.39 Å². The molecule has 1 atom stereocenters. The van der Waals surface area contributed by atoms with Crippen LogP contribution in [0.2, 0.25) is 5.02 Å². The van der Waals surface area contributed by atoms with Gasteiger partial charge >= 0.3 is 0 Å². The highest BCUT2D eigenvalue weighted by Gasteiger charge is 2.45. The molecule has 4 aromatic rings. The Hall–Kier alpha value is -5.20. The Morgan fingerprint density at radius 1 is 0.793 bits per heavy atom. The van der Waals surface area contributed by atoms with Crippen molar-refractivity contribution in [3.63, 3.8) is 0 Å². The Morgan fingerprint density at radius 2 is 1.45 bits per heavy atom. The van der Waals surface area contributed by atoms with Gasteiger partial charge in [-0.05, 0) is 98.4 Å². The summed E-state index contributed by atoms with van der Waals surface area (Å²) in [5.41, 5.74) is 7.43. The third-order valence-corrected chi connectivity index (χ3v) is 13.5. The van der Waals surface area contributed by atoms with Crippen LogP contribution in [0.5, 0.6) is 0 Å². The number of fused-ring (bicyclic) bond motifs is 2. The summed E-state index contributed by atoms with van der Waals surface area (Å²) in [5.74, 6) is -1.88. The molecule has 302 valence electrons. The van der Waals surface area contributed by atoms with E-state index in [1.165, 1.54) is 23.0 Å². The van der Waals surface area contributed by atoms with Gasteiger partial charge in [-0.3, -0.25) is 34.3 Å². The van der Waals surface area contributed by atoms with Gasteiger partial charge in [0, 0.05) is 88.2 Å². The first-order chi connectivity index (χ1) is 28.0. The average Bonchev–Trinajstić information content (AvgIpc) is 3.78. The zero-order valence-electron chi connectivity index (χ0n) is 32.9. The number of aromatic nitrogens is 1. The molecule has 9 rings (SSSR count). The van der Waals surface area contributed by atoms with Crippen molar-refractivity contribution in [1.29, 1.82) is 0 Å². The molecule has 5 aliphatic rings. The van der Waals surface area contributed by atoms with Crippen LogP contribution in [0, 0.1) is 11.7 Å². The van der Waals surface area contributed by atoms with Crippen molar-refractivity contribution >= 4 is 68.8 Å². The van der Waals surface area contributed by atoms with E-state index < -0.39 is 35.5 Å². The number of imide groups is 2. The van der Waals surface area contributed by atoms with E-state index in [-0.39, 0.29) is 24.0 Å². The number of H-pyrrole nitrogens is 1. The molecule has 1 unspecified atom stereocenters. The Kier molecular flexibility index (Phi) is 10.3. The number of nitrogens with one attached hydrogen (secondary N) is 2. The second kappa shape index (κ2) is 15.5. The number of halogens is 2. The summed E-state index contributed by atoms with van der Waals surface area (Å²) in [6.07, 6.45) is 6.55. The Balaban J connectivity index is 0.743. The Labute approximate surface area is 342 Å². The van der Waals surface area contributed by atoms with Crippen LogP contribution in [0.3, 0.4) is 0 Å². The molecular weight excluding hydrogens is 757 g/mol. The van der Waals surface area contributed by atoms with Crippen LogP contribution in [0.4, 0.5) is 21.5 Å². The molecule has 11 nitrogen and oxygen atoms in total. The van der Waals surface area contributed by atoms with Crippen LogP contribution >= 0.6 is 11.6 Å². The highest BCUT2D eigenvalue weighted by molar-refractivity contribution is 6.36. The van der Waals surface area contributed by atoms with E-state index in [1.54, 1.807) is 0 Å². The minimum absolute atomic E-state index is 0.0324. The van der Waals surface area contributed by atoms with Gasteiger partial charge in [-0.15, -0.1) is 0 Å². The summed E-state index contributed by atoms with van der Waals surface area (Å²) in [6.45, 7) is 13.9. The van der Waals surface area contributed by atoms with Crippen molar-refractivity contribution in [3.05, 3.63) is 94.4 Å². The van der Waals surface area contributed by atoms with Crippen LogP contribution in [-0.4, -0.2) is 103 Å². The van der Waals surface area contributed by atoms with Crippen molar-refractivity contribution in [3.8, 4) is 0 Å². The first-order valence-corrected chi connectivity index (χ1v) is 21.0. The smallest absolute Gasteiger partial charge is 0.262 e. The zero-order valence-corrected chi connectivity index (χ0v) is 33.6. The summed E-state index contributed by atoms with van der Waals surface area (Å²) >= 11 is 6.62. The predicted molar refractivity (Wildman–Crippen MR) is 225 cm³/mol. The lowest BCUT2D eigenvalue weighted by Crippen LogP contribution is -2.54. The van der Waals surface area contributed by atoms with Crippen molar-refractivity contribution in [1.82, 2.24) is 20.1 Å². The molecule has 0 aliphatic carbocycles. The maximum Gasteiger partial charge on any atom is 0.262 e. The van der Waals surface area contributed by atoms with E-state index in [2.05, 4.69) is 61.9 Å². The molecule has 6 heterocycles. The van der Waals surface area contributed by atoms with Gasteiger partial charge < -0.3 is 19.7 Å². The van der Waals surface area contributed by atoms with Crippen molar-refractivity contribution < 1.29 is 23.6 Å². The molecule has 2 N–H and O–H groups in total. The molecular formula is C45H49ClFN7O4. The third kappa shape index (κ3) is 7.04. The number of hydrogen-bond donors (Lipinski definition) is 2. The molecule has 4 saturated heterocycles. The number of aromatic amines is 1. The monoisotopic (exact) mass is 805 g/mol. The number of anilines is 3. The minimum atomic E-state index is -1.08. The normalized spacial score (nSPS) is 21.3. The lowest BCUT2D eigenvalue weighted by molar-refractivity contribution is -0.136. The van der Waals surface area contributed by atoms with E-state index in [0.29, 0.717) is 30.6 Å². The van der Waals surface area contributed by atoms with Gasteiger partial charge in [-0.2, -0.15) is 0 Å². The average molecular weight is 806 g/mol. The van der Waals surface area contributed by atoms with E-state index in [4.69, 9.17) is 11.6 Å². The van der Waals surface area contributed by atoms with Gasteiger partial charge in [-0.1, -0.05) is 30.3 Å². The number of piperidine rings is 3. The number of benzene rings is 3. The van der Waals surface area contributed by atoms with Crippen molar-refractivity contribution in [2.24, 2.45) is 5.92 Å². The predicted octanol–water partition coefficient (Wildman–Crippen LogP) is 6.82. The van der Waals surface area contributed by atoms with Crippen LogP contribution in [0.1, 0.15) is 83.2 Å². The summed E-state index contributed by atoms with van der Waals surface area (Å²) in [6, 6.07) is 14.9. The molecule has 4 fully saturated rings. The van der Waals surface area contributed by atoms with Crippen molar-refractivity contribution in [2.45, 2.75) is 57.4 Å². The summed E-state index contributed by atoms with van der Waals surface area (Å²) in [7, 11) is 0. The standard InChI is InChI=1S/C45H49ClFN7O4/c1-27(2)34-25-48-42-37(8-7-35(46)41(34)42)52-17-13-30(14-18-52)29-3-5-31(6-4-29)51-15-11-28(12-16-51)26-50-19-21-53(22-20-50)39-24-33-32(23-36(39)47)44(57)54(45(33)58)38-9-10-40(55)49-43(38)56/h3-8,23-25,28,30,38,48H,1,9-22,26H2,2H3,(H,49,55,56). The Morgan fingerprint density at radius 3 is 2.12 bits per heavy atom. The molecule has 0 radical (unpaired) electrons. The summed E-state index contributed by atoms with van der Waals surface area (Å²) in [5, 5.41) is 4.01. The number of nitrogens with zero attached hydrogens (tertiary/aromatic N) is 5. The first-order valence-electron chi connectivity index (χ1n) is 20.6. The largest absolute Gasteiger partial charge is 0.372 e. The van der Waals surface area contributed by atoms with Gasteiger partial charge in [0.25, 0.3) is 11.8 Å². The first kappa shape index (κ1) is 38.3. The highest BCUT2D eigenvalue weighted by atomic mass is 35.5. The third-order valence-electron chi connectivity index (χ3n) is 13.1. The lowest BCUT2D eigenvalue weighted by atomic mass is 9.88. The van der Waals surface area contributed by atoms with Crippen LogP contribution in [0.15, 0.2) is 61.3 Å². The second-order valence-electron chi connectivity index (χ2n) is 16.7. The maximum absolute atomic E-state index is 15.5. The van der Waals surface area contributed by atoms with Crippen LogP contribution in [0.25, 0.3) is 16.5 Å². The molecule has 3 aromatic carbocycles. The summed E-state index contributed by atoms with van der Waals surface area (Å²) in [4.78, 5) is 64.2. The van der Waals surface area contributed by atoms with Gasteiger partial charge in [-0.25, -0.2) is 4.39 Å². The van der Waals surface area contributed by atoms with E-state index in [1.807, 2.05) is 24.1 Å². The molecule has 4 amide bonds. The number of amides is 4. The zero-order chi connectivity index (χ0) is 40.2. The fraction of sp³-hybridized carbons (Fsp3) is 0.422. The van der Waals surface area contributed by atoms with Crippen LogP contribution in [-0.2, 0) is 9.59 Å².